The van der Waals surface area contributed by atoms with Gasteiger partial charge in [0.2, 0.25) is 0 Å². The van der Waals surface area contributed by atoms with E-state index >= 15 is 0 Å². The monoisotopic (exact) mass is 222 g/mol. The Balaban J connectivity index is 2.35. The topological polar surface area (TPSA) is 24.4 Å². The average Bonchev–Trinajstić information content (AvgIpc) is 2.31. The summed E-state index contributed by atoms with van der Waals surface area (Å²) in [4.78, 5) is 4.21. The second kappa shape index (κ2) is 7.35. The van der Waals surface area contributed by atoms with Gasteiger partial charge in [0.25, 0.3) is 0 Å². The zero-order chi connectivity index (χ0) is 10.9. The first kappa shape index (κ1) is 12.1. The first-order valence-corrected chi connectivity index (χ1v) is 6.22. The van der Waals surface area contributed by atoms with Gasteiger partial charge in [-0.25, -0.2) is 0 Å². The molecule has 0 bridgehead atoms. The quantitative estimate of drug-likeness (QED) is 0.626. The van der Waals surface area contributed by atoms with Gasteiger partial charge >= 0.3 is 0 Å². The Bertz CT molecular complexity index is 296. The van der Waals surface area contributed by atoms with Gasteiger partial charge in [-0.15, -0.1) is 0 Å². The summed E-state index contributed by atoms with van der Waals surface area (Å²) in [5.41, 5.74) is 1.29. The molecule has 0 atom stereocenters. The maximum Gasteiger partial charge on any atom is 0.156 e. The van der Waals surface area contributed by atoms with E-state index in [9.17, 15) is 0 Å². The van der Waals surface area contributed by atoms with E-state index < -0.39 is 0 Å². The first-order chi connectivity index (χ1) is 7.36. The van der Waals surface area contributed by atoms with Gasteiger partial charge in [-0.3, -0.25) is 4.99 Å². The van der Waals surface area contributed by atoms with E-state index in [4.69, 9.17) is 0 Å². The molecule has 0 heterocycles. The van der Waals surface area contributed by atoms with Crippen LogP contribution in [0.25, 0.3) is 0 Å². The molecule has 0 saturated carbocycles. The fraction of sp³-hybridized carbons (Fsp3) is 0.417. The van der Waals surface area contributed by atoms with Crippen molar-refractivity contribution in [3.8, 4) is 0 Å². The van der Waals surface area contributed by atoms with Crippen molar-refractivity contribution in [3.63, 3.8) is 0 Å². The largest absolute Gasteiger partial charge is 0.361 e. The Morgan fingerprint density at radius 1 is 1.33 bits per heavy atom. The molecule has 1 rings (SSSR count). The van der Waals surface area contributed by atoms with Crippen molar-refractivity contribution >= 4 is 16.9 Å². The molecule has 0 aliphatic rings. The lowest BCUT2D eigenvalue weighted by Crippen LogP contribution is -2.20. The van der Waals surface area contributed by atoms with Crippen molar-refractivity contribution in [1.82, 2.24) is 5.32 Å². The molecule has 2 nitrogen and oxygen atoms in total. The van der Waals surface area contributed by atoms with Gasteiger partial charge in [0.15, 0.2) is 5.17 Å². The summed E-state index contributed by atoms with van der Waals surface area (Å²) >= 11 is 1.78. The van der Waals surface area contributed by atoms with E-state index in [1.807, 2.05) is 13.1 Å². The molecule has 15 heavy (non-hydrogen) atoms. The van der Waals surface area contributed by atoms with Crippen LogP contribution in [0.3, 0.4) is 0 Å². The number of benzene rings is 1. The molecule has 0 unspecified atom stereocenters. The number of nitrogens with one attached hydrogen (secondary N) is 1. The van der Waals surface area contributed by atoms with E-state index in [0.717, 1.165) is 17.5 Å². The smallest absolute Gasteiger partial charge is 0.156 e. The molecule has 0 aliphatic carbocycles. The molecular formula is C12H18N2S. The van der Waals surface area contributed by atoms with Crippen LogP contribution in [0.15, 0.2) is 35.3 Å². The molecule has 0 aliphatic heterocycles. The standard InChI is InChI=1S/C12H18N2S/c1-3-9-15-12(13-2)14-10-11-7-5-4-6-8-11/h4-8H,3,9-10H2,1-2H3,(H,13,14). The zero-order valence-corrected chi connectivity index (χ0v) is 10.2. The highest BCUT2D eigenvalue weighted by Crippen LogP contribution is 2.05. The van der Waals surface area contributed by atoms with Gasteiger partial charge < -0.3 is 5.32 Å². The first-order valence-electron chi connectivity index (χ1n) is 5.24. The number of rotatable bonds is 4. The molecule has 0 spiro atoms. The van der Waals surface area contributed by atoms with Gasteiger partial charge in [0.05, 0.1) is 0 Å². The van der Waals surface area contributed by atoms with Gasteiger partial charge in [-0.1, -0.05) is 49.0 Å². The van der Waals surface area contributed by atoms with Crippen LogP contribution in [-0.4, -0.2) is 18.0 Å². The number of nitrogens with zero attached hydrogens (tertiary/aromatic N) is 1. The molecule has 1 N–H and O–H groups in total. The lowest BCUT2D eigenvalue weighted by atomic mass is 10.2. The van der Waals surface area contributed by atoms with E-state index in [1.54, 1.807) is 11.8 Å². The summed E-state index contributed by atoms with van der Waals surface area (Å²) in [6.07, 6.45) is 1.18. The zero-order valence-electron chi connectivity index (χ0n) is 9.36. The highest BCUT2D eigenvalue weighted by Gasteiger charge is 1.97. The van der Waals surface area contributed by atoms with Gasteiger partial charge in [-0.05, 0) is 12.0 Å². The Morgan fingerprint density at radius 3 is 2.67 bits per heavy atom. The van der Waals surface area contributed by atoms with Crippen molar-refractivity contribution in [2.24, 2.45) is 4.99 Å². The summed E-state index contributed by atoms with van der Waals surface area (Å²) in [6, 6.07) is 10.4. The molecule has 0 aromatic heterocycles. The summed E-state index contributed by atoms with van der Waals surface area (Å²) in [6.45, 7) is 3.03. The van der Waals surface area contributed by atoms with Crippen LogP contribution in [0.4, 0.5) is 0 Å². The Labute approximate surface area is 96.2 Å². The van der Waals surface area contributed by atoms with Gasteiger partial charge in [0.1, 0.15) is 0 Å². The van der Waals surface area contributed by atoms with E-state index in [0.29, 0.717) is 0 Å². The van der Waals surface area contributed by atoms with Crippen LogP contribution < -0.4 is 5.32 Å². The molecule has 1 aromatic carbocycles. The summed E-state index contributed by atoms with van der Waals surface area (Å²) in [5.74, 6) is 1.12. The minimum atomic E-state index is 0.851. The molecule has 3 heteroatoms. The third-order valence-electron chi connectivity index (χ3n) is 1.93. The highest BCUT2D eigenvalue weighted by molar-refractivity contribution is 8.13. The number of amidine groups is 1. The van der Waals surface area contributed by atoms with Crippen LogP contribution in [-0.2, 0) is 6.54 Å². The van der Waals surface area contributed by atoms with Crippen LogP contribution >= 0.6 is 11.8 Å². The molecule has 82 valence electrons. The Kier molecular flexibility index (Phi) is 5.93. The summed E-state index contributed by atoms with van der Waals surface area (Å²) in [7, 11) is 1.83. The second-order valence-electron chi connectivity index (χ2n) is 3.22. The minimum absolute atomic E-state index is 0.851. The van der Waals surface area contributed by atoms with Crippen molar-refractivity contribution < 1.29 is 0 Å². The molecule has 0 fully saturated rings. The normalized spacial score (nSPS) is 11.5. The van der Waals surface area contributed by atoms with E-state index in [1.165, 1.54) is 12.0 Å². The lowest BCUT2D eigenvalue weighted by Gasteiger charge is -2.08. The molecule has 0 saturated heterocycles. The number of hydrogen-bond donors (Lipinski definition) is 1. The SMILES string of the molecule is CCCSC(=NC)NCc1ccccc1. The fourth-order valence-corrected chi connectivity index (χ4v) is 1.87. The third kappa shape index (κ3) is 4.88. The molecule has 0 radical (unpaired) electrons. The molecule has 0 amide bonds. The molecule has 1 aromatic rings. The Morgan fingerprint density at radius 2 is 2.07 bits per heavy atom. The third-order valence-corrected chi connectivity index (χ3v) is 3.15. The van der Waals surface area contributed by atoms with Crippen molar-refractivity contribution in [2.45, 2.75) is 19.9 Å². The van der Waals surface area contributed by atoms with Crippen LogP contribution in [0.5, 0.6) is 0 Å². The lowest BCUT2D eigenvalue weighted by molar-refractivity contribution is 0.924. The fourth-order valence-electron chi connectivity index (χ4n) is 1.17. The number of aliphatic imine (C=N–C) groups is 1. The summed E-state index contributed by atoms with van der Waals surface area (Å²) in [5, 5.41) is 4.36. The maximum atomic E-state index is 4.21. The van der Waals surface area contributed by atoms with Crippen LogP contribution in [0, 0.1) is 0 Å². The highest BCUT2D eigenvalue weighted by atomic mass is 32.2. The van der Waals surface area contributed by atoms with Crippen molar-refractivity contribution in [2.75, 3.05) is 12.8 Å². The van der Waals surface area contributed by atoms with Crippen LogP contribution in [0.2, 0.25) is 0 Å². The number of hydrogen-bond acceptors (Lipinski definition) is 2. The molecular weight excluding hydrogens is 204 g/mol. The van der Waals surface area contributed by atoms with Crippen LogP contribution in [0.1, 0.15) is 18.9 Å². The maximum absolute atomic E-state index is 4.21. The van der Waals surface area contributed by atoms with Crippen molar-refractivity contribution in [3.05, 3.63) is 35.9 Å². The Hall–Kier alpha value is -0.960. The van der Waals surface area contributed by atoms with E-state index in [2.05, 4.69) is 41.5 Å². The summed E-state index contributed by atoms with van der Waals surface area (Å²) < 4.78 is 0. The van der Waals surface area contributed by atoms with Crippen molar-refractivity contribution in [1.29, 1.82) is 0 Å². The second-order valence-corrected chi connectivity index (χ2v) is 4.30. The number of thioether (sulfide) groups is 1. The van der Waals surface area contributed by atoms with Gasteiger partial charge in [0, 0.05) is 19.3 Å². The van der Waals surface area contributed by atoms with E-state index in [-0.39, 0.29) is 0 Å². The van der Waals surface area contributed by atoms with Gasteiger partial charge in [-0.2, -0.15) is 0 Å². The predicted molar refractivity (Wildman–Crippen MR) is 69.4 cm³/mol. The predicted octanol–water partition coefficient (Wildman–Crippen LogP) is 2.91. The average molecular weight is 222 g/mol. The minimum Gasteiger partial charge on any atom is -0.361 e.